The zero-order valence-corrected chi connectivity index (χ0v) is 17.3. The molecule has 0 bridgehead atoms. The Morgan fingerprint density at radius 2 is 2.07 bits per heavy atom. The van der Waals surface area contributed by atoms with Crippen LogP contribution >= 0.6 is 0 Å². The first-order valence-electron chi connectivity index (χ1n) is 10.3. The van der Waals surface area contributed by atoms with E-state index in [0.29, 0.717) is 23.8 Å². The van der Waals surface area contributed by atoms with Crippen LogP contribution < -0.4 is 0 Å². The van der Waals surface area contributed by atoms with Gasteiger partial charge in [0.05, 0.1) is 25.0 Å². The minimum atomic E-state index is -0.332. The second-order valence-corrected chi connectivity index (χ2v) is 8.40. The lowest BCUT2D eigenvalue weighted by molar-refractivity contribution is 0.0599. The molecule has 1 fully saturated rings. The van der Waals surface area contributed by atoms with Crippen LogP contribution in [0.2, 0.25) is 0 Å². The molecule has 2 aromatic heterocycles. The van der Waals surface area contributed by atoms with Gasteiger partial charge in [0.15, 0.2) is 0 Å². The zero-order valence-electron chi connectivity index (χ0n) is 17.3. The van der Waals surface area contributed by atoms with E-state index in [1.165, 1.54) is 20.0 Å². The average molecular weight is 392 g/mol. The average Bonchev–Trinajstić information content (AvgIpc) is 3.50. The summed E-state index contributed by atoms with van der Waals surface area (Å²) in [7, 11) is 1.41. The van der Waals surface area contributed by atoms with E-state index in [0.717, 1.165) is 40.0 Å². The van der Waals surface area contributed by atoms with Gasteiger partial charge in [-0.3, -0.25) is 4.98 Å². The van der Waals surface area contributed by atoms with Gasteiger partial charge in [0.1, 0.15) is 0 Å². The molecular formula is C24H28N2O3. The number of ether oxygens (including phenoxy) is 1. The topological polar surface area (TPSA) is 64.3 Å². The smallest absolute Gasteiger partial charge is 0.339 e. The molecule has 29 heavy (non-hydrogen) atoms. The van der Waals surface area contributed by atoms with E-state index >= 15 is 0 Å². The van der Waals surface area contributed by atoms with Gasteiger partial charge in [-0.05, 0) is 60.1 Å². The molecule has 0 saturated heterocycles. The highest BCUT2D eigenvalue weighted by atomic mass is 16.5. The molecule has 0 spiro atoms. The van der Waals surface area contributed by atoms with E-state index in [4.69, 9.17) is 4.74 Å². The van der Waals surface area contributed by atoms with E-state index in [9.17, 15) is 9.90 Å². The van der Waals surface area contributed by atoms with Crippen LogP contribution in [0.1, 0.15) is 65.5 Å². The Kier molecular flexibility index (Phi) is 5.41. The highest BCUT2D eigenvalue weighted by molar-refractivity contribution is 5.91. The van der Waals surface area contributed by atoms with Crippen LogP contribution in [-0.2, 0) is 24.3 Å². The lowest BCUT2D eigenvalue weighted by atomic mass is 10.0. The van der Waals surface area contributed by atoms with E-state index in [1.54, 1.807) is 0 Å². The van der Waals surface area contributed by atoms with Gasteiger partial charge in [0.25, 0.3) is 0 Å². The summed E-state index contributed by atoms with van der Waals surface area (Å²) in [6.45, 7) is 5.24. The minimum Gasteiger partial charge on any atom is -0.465 e. The Balaban J connectivity index is 1.68. The van der Waals surface area contributed by atoms with Crippen LogP contribution in [0.3, 0.4) is 0 Å². The zero-order chi connectivity index (χ0) is 20.5. The summed E-state index contributed by atoms with van der Waals surface area (Å²) in [4.78, 5) is 16.9. The predicted octanol–water partition coefficient (Wildman–Crippen LogP) is 4.44. The quantitative estimate of drug-likeness (QED) is 0.604. The molecule has 152 valence electrons. The summed E-state index contributed by atoms with van der Waals surface area (Å²) in [6, 6.07) is 10.3. The standard InChI is InChI=1S/C24H28N2O3/c1-15(2)13-26-20(14-27)10-18-8-16(4-7-23(18)26)9-22-21(24(28)29-3)11-19(12-25-22)17-5-6-17/h4,7-8,10-12,15,17,27H,5-6,9,13-14H2,1-3H3. The Morgan fingerprint density at radius 3 is 2.72 bits per heavy atom. The number of pyridine rings is 1. The monoisotopic (exact) mass is 392 g/mol. The van der Waals surface area contributed by atoms with Gasteiger partial charge in [-0.15, -0.1) is 0 Å². The summed E-state index contributed by atoms with van der Waals surface area (Å²) < 4.78 is 7.19. The molecular weight excluding hydrogens is 364 g/mol. The van der Waals surface area contributed by atoms with Crippen LogP contribution in [-0.4, -0.2) is 27.7 Å². The highest BCUT2D eigenvalue weighted by Gasteiger charge is 2.26. The third-order valence-electron chi connectivity index (χ3n) is 5.58. The molecule has 1 aliphatic rings. The Hall–Kier alpha value is -2.66. The molecule has 0 atom stereocenters. The third kappa shape index (κ3) is 4.06. The number of methoxy groups -OCH3 is 1. The van der Waals surface area contributed by atoms with Gasteiger partial charge in [-0.1, -0.05) is 19.9 Å². The number of aliphatic hydroxyl groups is 1. The summed E-state index contributed by atoms with van der Waals surface area (Å²) in [6.07, 6.45) is 4.80. The highest BCUT2D eigenvalue weighted by Crippen LogP contribution is 2.40. The van der Waals surface area contributed by atoms with E-state index in [-0.39, 0.29) is 12.6 Å². The van der Waals surface area contributed by atoms with Gasteiger partial charge < -0.3 is 14.4 Å². The van der Waals surface area contributed by atoms with E-state index in [2.05, 4.69) is 41.6 Å². The van der Waals surface area contributed by atoms with E-state index < -0.39 is 0 Å². The minimum absolute atomic E-state index is 0.0212. The SMILES string of the molecule is COC(=O)c1cc(C2CC2)cnc1Cc1ccc2c(c1)cc(CO)n2CC(C)C. The van der Waals surface area contributed by atoms with Crippen molar-refractivity contribution in [1.29, 1.82) is 0 Å². The number of hydrogen-bond donors (Lipinski definition) is 1. The van der Waals surface area contributed by atoms with Crippen LogP contribution in [0, 0.1) is 5.92 Å². The fraction of sp³-hybridized carbons (Fsp3) is 0.417. The molecule has 1 aromatic carbocycles. The normalized spacial score (nSPS) is 14.0. The van der Waals surface area contributed by atoms with Gasteiger partial charge in [0, 0.05) is 35.8 Å². The molecule has 0 unspecified atom stereocenters. The maximum Gasteiger partial charge on any atom is 0.339 e. The number of benzene rings is 1. The number of fused-ring (bicyclic) bond motifs is 1. The number of esters is 1. The second kappa shape index (κ2) is 7.99. The molecule has 0 radical (unpaired) electrons. The third-order valence-corrected chi connectivity index (χ3v) is 5.58. The molecule has 4 rings (SSSR count). The summed E-state index contributed by atoms with van der Waals surface area (Å²) in [5.74, 6) is 0.697. The second-order valence-electron chi connectivity index (χ2n) is 8.40. The molecule has 1 saturated carbocycles. The number of aliphatic hydroxyl groups excluding tert-OH is 1. The summed E-state index contributed by atoms with van der Waals surface area (Å²) in [5, 5.41) is 10.9. The molecule has 2 heterocycles. The van der Waals surface area contributed by atoms with Crippen molar-refractivity contribution in [2.24, 2.45) is 5.92 Å². The van der Waals surface area contributed by atoms with Crippen molar-refractivity contribution in [1.82, 2.24) is 9.55 Å². The van der Waals surface area contributed by atoms with Crippen LogP contribution in [0.4, 0.5) is 0 Å². The van der Waals surface area contributed by atoms with Crippen molar-refractivity contribution >= 4 is 16.9 Å². The fourth-order valence-electron chi connectivity index (χ4n) is 3.97. The maximum absolute atomic E-state index is 12.3. The largest absolute Gasteiger partial charge is 0.465 e. The van der Waals surface area contributed by atoms with Crippen molar-refractivity contribution < 1.29 is 14.6 Å². The van der Waals surface area contributed by atoms with E-state index in [1.807, 2.05) is 18.3 Å². The number of carbonyl (C=O) groups excluding carboxylic acids is 1. The van der Waals surface area contributed by atoms with Crippen LogP contribution in [0.25, 0.3) is 10.9 Å². The van der Waals surface area contributed by atoms with Crippen molar-refractivity contribution in [3.63, 3.8) is 0 Å². The van der Waals surface area contributed by atoms with Gasteiger partial charge in [0.2, 0.25) is 0 Å². The number of carbonyl (C=O) groups is 1. The van der Waals surface area contributed by atoms with Crippen molar-refractivity contribution in [3.05, 3.63) is 64.6 Å². The molecule has 1 N–H and O–H groups in total. The molecule has 0 amide bonds. The van der Waals surface area contributed by atoms with Crippen LogP contribution in [0.5, 0.6) is 0 Å². The first-order chi connectivity index (χ1) is 14.0. The molecule has 3 aromatic rings. The number of rotatable bonds is 7. The number of nitrogens with zero attached hydrogens (tertiary/aromatic N) is 2. The summed E-state index contributed by atoms with van der Waals surface area (Å²) >= 11 is 0. The van der Waals surface area contributed by atoms with Gasteiger partial charge in [-0.25, -0.2) is 4.79 Å². The Morgan fingerprint density at radius 1 is 1.28 bits per heavy atom. The Labute approximate surface area is 171 Å². The Bertz CT molecular complexity index is 1050. The first kappa shape index (κ1) is 19.6. The number of aromatic nitrogens is 2. The molecule has 0 aliphatic heterocycles. The maximum atomic E-state index is 12.3. The summed E-state index contributed by atoms with van der Waals surface area (Å²) in [5.41, 5.74) is 5.56. The fourth-order valence-corrected chi connectivity index (χ4v) is 3.97. The first-order valence-corrected chi connectivity index (χ1v) is 10.3. The number of hydrogen-bond acceptors (Lipinski definition) is 4. The van der Waals surface area contributed by atoms with Crippen LogP contribution in [0.15, 0.2) is 36.5 Å². The molecule has 5 nitrogen and oxygen atoms in total. The van der Waals surface area contributed by atoms with Crippen molar-refractivity contribution in [3.8, 4) is 0 Å². The lowest BCUT2D eigenvalue weighted by Crippen LogP contribution is -2.09. The van der Waals surface area contributed by atoms with Gasteiger partial charge in [-0.2, -0.15) is 0 Å². The lowest BCUT2D eigenvalue weighted by Gasteiger charge is -2.12. The van der Waals surface area contributed by atoms with Gasteiger partial charge >= 0.3 is 5.97 Å². The molecule has 1 aliphatic carbocycles. The van der Waals surface area contributed by atoms with Crippen molar-refractivity contribution in [2.45, 2.75) is 52.2 Å². The van der Waals surface area contributed by atoms with Crippen molar-refractivity contribution in [2.75, 3.05) is 7.11 Å². The predicted molar refractivity (Wildman–Crippen MR) is 113 cm³/mol. The molecule has 5 heteroatoms.